The smallest absolute Gasteiger partial charge is 0.253 e. The van der Waals surface area contributed by atoms with Crippen LogP contribution in [0.1, 0.15) is 36.0 Å². The average Bonchev–Trinajstić information content (AvgIpc) is 3.02. The van der Waals surface area contributed by atoms with E-state index in [1.807, 2.05) is 0 Å². The molecule has 0 atom stereocenters. The number of benzene rings is 1. The van der Waals surface area contributed by atoms with E-state index in [9.17, 15) is 14.0 Å². The fraction of sp³-hybridized carbons (Fsp3) is 0.529. The van der Waals surface area contributed by atoms with Crippen LogP contribution in [-0.2, 0) is 4.79 Å². The number of halogens is 1. The molecule has 2 N–H and O–H groups in total. The first-order valence-corrected chi connectivity index (χ1v) is 8.13. The molecule has 1 saturated carbocycles. The van der Waals surface area contributed by atoms with Crippen molar-refractivity contribution in [2.75, 3.05) is 26.2 Å². The van der Waals surface area contributed by atoms with E-state index >= 15 is 0 Å². The Morgan fingerprint density at radius 2 is 1.48 bits per heavy atom. The highest BCUT2D eigenvalue weighted by molar-refractivity contribution is 5.94. The van der Waals surface area contributed by atoms with Gasteiger partial charge >= 0.3 is 0 Å². The van der Waals surface area contributed by atoms with Gasteiger partial charge in [-0.25, -0.2) is 4.39 Å². The van der Waals surface area contributed by atoms with Gasteiger partial charge in [0.15, 0.2) is 0 Å². The largest absolute Gasteiger partial charge is 0.338 e. The molecule has 3 rings (SSSR count). The minimum Gasteiger partial charge on any atom is -0.338 e. The van der Waals surface area contributed by atoms with Crippen LogP contribution < -0.4 is 5.73 Å². The lowest BCUT2D eigenvalue weighted by Crippen LogP contribution is -2.59. The molecule has 0 unspecified atom stereocenters. The highest BCUT2D eigenvalue weighted by Crippen LogP contribution is 2.29. The fourth-order valence-electron chi connectivity index (χ4n) is 3.42. The molecule has 0 aromatic heterocycles. The van der Waals surface area contributed by atoms with Crippen molar-refractivity contribution < 1.29 is 14.0 Å². The molecule has 6 heteroatoms. The second-order valence-corrected chi connectivity index (χ2v) is 6.45. The molecule has 23 heavy (non-hydrogen) atoms. The fourth-order valence-corrected chi connectivity index (χ4v) is 3.42. The number of carbonyl (C=O) groups excluding carboxylic acids is 2. The number of piperazine rings is 1. The lowest BCUT2D eigenvalue weighted by molar-refractivity contribution is -0.138. The van der Waals surface area contributed by atoms with E-state index in [0.717, 1.165) is 25.7 Å². The maximum absolute atomic E-state index is 12.9. The van der Waals surface area contributed by atoms with Crippen molar-refractivity contribution in [3.8, 4) is 0 Å². The monoisotopic (exact) mass is 319 g/mol. The molecule has 124 valence electrons. The van der Waals surface area contributed by atoms with Crippen LogP contribution in [0, 0.1) is 5.82 Å². The van der Waals surface area contributed by atoms with Crippen LogP contribution in [0.2, 0.25) is 0 Å². The Morgan fingerprint density at radius 1 is 0.957 bits per heavy atom. The molecule has 2 fully saturated rings. The predicted molar refractivity (Wildman–Crippen MR) is 84.3 cm³/mol. The van der Waals surface area contributed by atoms with Gasteiger partial charge < -0.3 is 15.5 Å². The van der Waals surface area contributed by atoms with Gasteiger partial charge in [-0.3, -0.25) is 9.59 Å². The third kappa shape index (κ3) is 3.22. The summed E-state index contributed by atoms with van der Waals surface area (Å²) < 4.78 is 12.9. The van der Waals surface area contributed by atoms with Crippen molar-refractivity contribution >= 4 is 11.8 Å². The van der Waals surface area contributed by atoms with Gasteiger partial charge in [-0.15, -0.1) is 0 Å². The Labute approximate surface area is 135 Å². The summed E-state index contributed by atoms with van der Waals surface area (Å²) in [7, 11) is 0. The summed E-state index contributed by atoms with van der Waals surface area (Å²) in [5.41, 5.74) is 5.99. The van der Waals surface area contributed by atoms with E-state index in [2.05, 4.69) is 0 Å². The standard InChI is InChI=1S/C17H22FN3O2/c18-14-5-3-13(4-6-14)15(22)20-9-11-21(12-10-20)16(23)17(19)7-1-2-8-17/h3-6H,1-2,7-12,19H2. The molecule has 5 nitrogen and oxygen atoms in total. The molecule has 1 aliphatic heterocycles. The van der Waals surface area contributed by atoms with Gasteiger partial charge in [0.2, 0.25) is 5.91 Å². The molecule has 1 aliphatic carbocycles. The highest BCUT2D eigenvalue weighted by atomic mass is 19.1. The normalized spacial score (nSPS) is 20.6. The zero-order valence-corrected chi connectivity index (χ0v) is 13.1. The molecule has 1 aromatic carbocycles. The van der Waals surface area contributed by atoms with Gasteiger partial charge in [-0.2, -0.15) is 0 Å². The van der Waals surface area contributed by atoms with Gasteiger partial charge in [0.25, 0.3) is 5.91 Å². The van der Waals surface area contributed by atoms with Crippen LogP contribution in [-0.4, -0.2) is 53.3 Å². The second-order valence-electron chi connectivity index (χ2n) is 6.45. The zero-order valence-electron chi connectivity index (χ0n) is 13.1. The summed E-state index contributed by atoms with van der Waals surface area (Å²) in [5.74, 6) is -0.467. The molecule has 1 saturated heterocycles. The lowest BCUT2D eigenvalue weighted by atomic mass is 9.97. The van der Waals surface area contributed by atoms with Crippen LogP contribution in [0.25, 0.3) is 0 Å². The molecule has 0 radical (unpaired) electrons. The highest BCUT2D eigenvalue weighted by Gasteiger charge is 2.40. The van der Waals surface area contributed by atoms with Crippen molar-refractivity contribution in [2.45, 2.75) is 31.2 Å². The summed E-state index contributed by atoms with van der Waals surface area (Å²) >= 11 is 0. The average molecular weight is 319 g/mol. The zero-order chi connectivity index (χ0) is 16.4. The van der Waals surface area contributed by atoms with E-state index in [0.29, 0.717) is 31.7 Å². The number of rotatable bonds is 2. The second kappa shape index (κ2) is 6.28. The van der Waals surface area contributed by atoms with Crippen molar-refractivity contribution in [3.05, 3.63) is 35.6 Å². The number of carbonyl (C=O) groups is 2. The molecule has 1 heterocycles. The van der Waals surface area contributed by atoms with Crippen molar-refractivity contribution in [1.82, 2.24) is 9.80 Å². The van der Waals surface area contributed by atoms with Crippen LogP contribution in [0.5, 0.6) is 0 Å². The Balaban J connectivity index is 1.59. The van der Waals surface area contributed by atoms with Gasteiger partial charge in [0.05, 0.1) is 5.54 Å². The van der Waals surface area contributed by atoms with Crippen molar-refractivity contribution in [2.24, 2.45) is 5.73 Å². The number of nitrogens with zero attached hydrogens (tertiary/aromatic N) is 2. The minimum atomic E-state index is -0.705. The first-order valence-electron chi connectivity index (χ1n) is 8.13. The topological polar surface area (TPSA) is 66.6 Å². The van der Waals surface area contributed by atoms with Crippen molar-refractivity contribution in [1.29, 1.82) is 0 Å². The van der Waals surface area contributed by atoms with Gasteiger partial charge in [0, 0.05) is 31.7 Å². The van der Waals surface area contributed by atoms with Gasteiger partial charge in [-0.05, 0) is 37.1 Å². The van der Waals surface area contributed by atoms with Crippen LogP contribution >= 0.6 is 0 Å². The summed E-state index contributed by atoms with van der Waals surface area (Å²) in [6, 6.07) is 5.54. The Morgan fingerprint density at radius 3 is 2.04 bits per heavy atom. The molecule has 2 amide bonds. The summed E-state index contributed by atoms with van der Waals surface area (Å²) in [6.07, 6.45) is 3.51. The summed E-state index contributed by atoms with van der Waals surface area (Å²) in [4.78, 5) is 28.4. The molecular weight excluding hydrogens is 297 g/mol. The van der Waals surface area contributed by atoms with E-state index in [4.69, 9.17) is 5.73 Å². The number of nitrogens with two attached hydrogens (primary N) is 1. The molecular formula is C17H22FN3O2. The minimum absolute atomic E-state index is 0.0175. The molecule has 2 aliphatic rings. The number of hydrogen-bond acceptors (Lipinski definition) is 3. The number of hydrogen-bond donors (Lipinski definition) is 1. The molecule has 0 spiro atoms. The molecule has 1 aromatic rings. The maximum atomic E-state index is 12.9. The molecule has 0 bridgehead atoms. The van der Waals surface area contributed by atoms with E-state index in [1.165, 1.54) is 24.3 Å². The third-order valence-corrected chi connectivity index (χ3v) is 4.87. The predicted octanol–water partition coefficient (Wildman–Crippen LogP) is 1.38. The van der Waals surface area contributed by atoms with Crippen LogP contribution in [0.15, 0.2) is 24.3 Å². The lowest BCUT2D eigenvalue weighted by Gasteiger charge is -2.38. The van der Waals surface area contributed by atoms with Gasteiger partial charge in [0.1, 0.15) is 5.82 Å². The SMILES string of the molecule is NC1(C(=O)N2CCN(C(=O)c3ccc(F)cc3)CC2)CCCC1. The number of amides is 2. The van der Waals surface area contributed by atoms with Crippen LogP contribution in [0.3, 0.4) is 0 Å². The summed E-state index contributed by atoms with van der Waals surface area (Å²) in [6.45, 7) is 1.98. The van der Waals surface area contributed by atoms with E-state index in [-0.39, 0.29) is 17.6 Å². The van der Waals surface area contributed by atoms with Gasteiger partial charge in [-0.1, -0.05) is 12.8 Å². The third-order valence-electron chi connectivity index (χ3n) is 4.87. The van der Waals surface area contributed by atoms with E-state index < -0.39 is 5.54 Å². The first-order chi connectivity index (χ1) is 11.0. The maximum Gasteiger partial charge on any atom is 0.253 e. The quantitative estimate of drug-likeness (QED) is 0.895. The first kappa shape index (κ1) is 15.9. The van der Waals surface area contributed by atoms with E-state index in [1.54, 1.807) is 9.80 Å². The Hall–Kier alpha value is -1.95. The van der Waals surface area contributed by atoms with Crippen molar-refractivity contribution in [3.63, 3.8) is 0 Å². The van der Waals surface area contributed by atoms with Crippen LogP contribution in [0.4, 0.5) is 4.39 Å². The Bertz CT molecular complexity index is 588. The summed E-state index contributed by atoms with van der Waals surface area (Å²) in [5, 5.41) is 0. The Kier molecular flexibility index (Phi) is 4.35.